The minimum Gasteiger partial charge on any atom is -0.491 e. The van der Waals surface area contributed by atoms with Crippen molar-refractivity contribution in [3.63, 3.8) is 0 Å². The molecule has 1 aromatic carbocycles. The van der Waals surface area contributed by atoms with Crippen molar-refractivity contribution in [2.45, 2.75) is 32.5 Å². The Kier molecular flexibility index (Phi) is 6.97. The van der Waals surface area contributed by atoms with Crippen LogP contribution in [0.25, 0.3) is 11.3 Å². The SMILES string of the molecule is CC(CN=C(C)N1CCOCC1)=NC1CCOc2ccc(-c3cccc(C(F)(F)F)c3)nc21. The summed E-state index contributed by atoms with van der Waals surface area (Å²) in [6.07, 6.45) is -3.76. The summed E-state index contributed by atoms with van der Waals surface area (Å²) in [6, 6.07) is 8.41. The molecule has 0 radical (unpaired) electrons. The molecule has 9 heteroatoms. The van der Waals surface area contributed by atoms with Gasteiger partial charge in [0.1, 0.15) is 11.4 Å². The smallest absolute Gasteiger partial charge is 0.416 e. The van der Waals surface area contributed by atoms with Gasteiger partial charge in [-0.3, -0.25) is 9.98 Å². The Labute approximate surface area is 191 Å². The van der Waals surface area contributed by atoms with E-state index in [9.17, 15) is 13.2 Å². The summed E-state index contributed by atoms with van der Waals surface area (Å²) in [7, 11) is 0. The van der Waals surface area contributed by atoms with E-state index in [0.29, 0.717) is 55.5 Å². The van der Waals surface area contributed by atoms with Crippen LogP contribution in [-0.2, 0) is 10.9 Å². The van der Waals surface area contributed by atoms with Crippen molar-refractivity contribution in [3.05, 3.63) is 47.7 Å². The number of hydrogen-bond acceptors (Lipinski definition) is 5. The Morgan fingerprint density at radius 3 is 2.67 bits per heavy atom. The molecule has 0 bridgehead atoms. The minimum absolute atomic E-state index is 0.224. The number of alkyl halides is 3. The molecule has 2 aliphatic rings. The van der Waals surface area contributed by atoms with E-state index in [1.165, 1.54) is 6.07 Å². The van der Waals surface area contributed by atoms with Gasteiger partial charge in [-0.05, 0) is 38.1 Å². The van der Waals surface area contributed by atoms with Gasteiger partial charge >= 0.3 is 6.18 Å². The van der Waals surface area contributed by atoms with Crippen LogP contribution in [0, 0.1) is 0 Å². The molecule has 0 amide bonds. The van der Waals surface area contributed by atoms with Crippen LogP contribution >= 0.6 is 0 Å². The molecule has 1 aromatic heterocycles. The average Bonchev–Trinajstić information content (AvgIpc) is 2.82. The molecular formula is C24H27F3N4O2. The van der Waals surface area contributed by atoms with Crippen molar-refractivity contribution < 1.29 is 22.6 Å². The third kappa shape index (κ3) is 5.71. The van der Waals surface area contributed by atoms with Crippen LogP contribution in [0.4, 0.5) is 13.2 Å². The molecule has 1 unspecified atom stereocenters. The van der Waals surface area contributed by atoms with Gasteiger partial charge < -0.3 is 14.4 Å². The molecule has 4 rings (SSSR count). The van der Waals surface area contributed by atoms with Crippen molar-refractivity contribution >= 4 is 11.5 Å². The van der Waals surface area contributed by atoms with Gasteiger partial charge in [0, 0.05) is 30.8 Å². The quantitative estimate of drug-likeness (QED) is 0.486. The molecule has 1 fully saturated rings. The second kappa shape index (κ2) is 9.91. The van der Waals surface area contributed by atoms with Crippen LogP contribution in [0.3, 0.4) is 0 Å². The Hall–Kier alpha value is -2.94. The van der Waals surface area contributed by atoms with E-state index in [0.717, 1.165) is 36.8 Å². The maximum Gasteiger partial charge on any atom is 0.416 e. The molecule has 1 saturated heterocycles. The second-order valence-corrected chi connectivity index (χ2v) is 8.14. The lowest BCUT2D eigenvalue weighted by Crippen LogP contribution is -2.39. The fourth-order valence-corrected chi connectivity index (χ4v) is 3.90. The Morgan fingerprint density at radius 1 is 1.12 bits per heavy atom. The van der Waals surface area contributed by atoms with Gasteiger partial charge in [0.05, 0.1) is 49.5 Å². The van der Waals surface area contributed by atoms with Crippen LogP contribution < -0.4 is 4.74 Å². The minimum atomic E-state index is -4.41. The number of rotatable bonds is 4. The second-order valence-electron chi connectivity index (χ2n) is 8.14. The van der Waals surface area contributed by atoms with E-state index in [2.05, 4.69) is 14.9 Å². The number of nitrogens with zero attached hydrogens (tertiary/aromatic N) is 4. The van der Waals surface area contributed by atoms with E-state index in [4.69, 9.17) is 14.5 Å². The highest BCUT2D eigenvalue weighted by molar-refractivity contribution is 5.88. The lowest BCUT2D eigenvalue weighted by Gasteiger charge is -2.28. The number of aliphatic imine (C=N–C) groups is 2. The maximum atomic E-state index is 13.1. The number of hydrogen-bond donors (Lipinski definition) is 0. The monoisotopic (exact) mass is 460 g/mol. The topological polar surface area (TPSA) is 59.3 Å². The van der Waals surface area contributed by atoms with E-state index >= 15 is 0 Å². The molecule has 6 nitrogen and oxygen atoms in total. The zero-order valence-corrected chi connectivity index (χ0v) is 18.7. The number of fused-ring (bicyclic) bond motifs is 1. The van der Waals surface area contributed by atoms with E-state index < -0.39 is 11.7 Å². The number of morpholine rings is 1. The fourth-order valence-electron chi connectivity index (χ4n) is 3.90. The lowest BCUT2D eigenvalue weighted by molar-refractivity contribution is -0.137. The van der Waals surface area contributed by atoms with Gasteiger partial charge in [0.2, 0.25) is 0 Å². The molecule has 3 heterocycles. The van der Waals surface area contributed by atoms with Crippen molar-refractivity contribution in [2.75, 3.05) is 39.5 Å². The number of amidine groups is 1. The van der Waals surface area contributed by atoms with Crippen LogP contribution in [0.15, 0.2) is 46.4 Å². The number of aromatic nitrogens is 1. The van der Waals surface area contributed by atoms with Gasteiger partial charge in [-0.2, -0.15) is 13.2 Å². The fraction of sp³-hybridized carbons (Fsp3) is 0.458. The number of halogens is 3. The molecule has 2 aliphatic heterocycles. The van der Waals surface area contributed by atoms with E-state index in [1.54, 1.807) is 18.2 Å². The Balaban J connectivity index is 1.54. The van der Waals surface area contributed by atoms with Crippen LogP contribution in [0.1, 0.15) is 37.6 Å². The predicted octanol–water partition coefficient (Wildman–Crippen LogP) is 4.80. The predicted molar refractivity (Wildman–Crippen MR) is 121 cm³/mol. The molecule has 0 saturated carbocycles. The van der Waals surface area contributed by atoms with Crippen LogP contribution in [0.5, 0.6) is 5.75 Å². The molecule has 0 spiro atoms. The highest BCUT2D eigenvalue weighted by Gasteiger charge is 2.31. The average molecular weight is 461 g/mol. The van der Waals surface area contributed by atoms with E-state index in [1.807, 2.05) is 13.8 Å². The molecule has 1 atom stereocenters. The van der Waals surface area contributed by atoms with Gasteiger partial charge in [0.25, 0.3) is 0 Å². The van der Waals surface area contributed by atoms with Gasteiger partial charge in [-0.1, -0.05) is 12.1 Å². The number of benzene rings is 1. The number of ether oxygens (including phenoxy) is 2. The highest BCUT2D eigenvalue weighted by atomic mass is 19.4. The zero-order chi connectivity index (χ0) is 23.4. The first kappa shape index (κ1) is 23.2. The molecule has 176 valence electrons. The molecule has 33 heavy (non-hydrogen) atoms. The van der Waals surface area contributed by atoms with E-state index in [-0.39, 0.29) is 6.04 Å². The standard InChI is InChI=1S/C24H27F3N4O2/c1-16(15-28-17(2)31-9-12-32-13-10-31)29-21-8-11-33-22-7-6-20(30-23(21)22)18-4-3-5-19(14-18)24(25,26)27/h3-7,14,21H,8-13,15H2,1-2H3. The normalized spacial score (nSPS) is 19.8. The first-order valence-electron chi connectivity index (χ1n) is 11.0. The summed E-state index contributed by atoms with van der Waals surface area (Å²) in [5.41, 5.74) is 1.68. The Bertz CT molecular complexity index is 1050. The van der Waals surface area contributed by atoms with Crippen LogP contribution in [-0.4, -0.2) is 60.9 Å². The first-order chi connectivity index (χ1) is 15.8. The summed E-state index contributed by atoms with van der Waals surface area (Å²) < 4.78 is 50.5. The van der Waals surface area contributed by atoms with Crippen molar-refractivity contribution in [2.24, 2.45) is 9.98 Å². The van der Waals surface area contributed by atoms with Gasteiger partial charge in [-0.25, -0.2) is 4.98 Å². The molecular weight excluding hydrogens is 433 g/mol. The van der Waals surface area contributed by atoms with Gasteiger partial charge in [-0.15, -0.1) is 0 Å². The molecule has 0 N–H and O–H groups in total. The first-order valence-corrected chi connectivity index (χ1v) is 11.0. The Morgan fingerprint density at radius 2 is 1.91 bits per heavy atom. The molecule has 0 aliphatic carbocycles. The van der Waals surface area contributed by atoms with Crippen molar-refractivity contribution in [1.29, 1.82) is 0 Å². The van der Waals surface area contributed by atoms with Crippen molar-refractivity contribution in [3.8, 4) is 17.0 Å². The van der Waals surface area contributed by atoms with Gasteiger partial charge in [0.15, 0.2) is 0 Å². The summed E-state index contributed by atoms with van der Waals surface area (Å²) in [5, 5.41) is 0. The maximum absolute atomic E-state index is 13.1. The summed E-state index contributed by atoms with van der Waals surface area (Å²) >= 11 is 0. The molecule has 2 aromatic rings. The summed E-state index contributed by atoms with van der Waals surface area (Å²) in [6.45, 7) is 7.99. The van der Waals surface area contributed by atoms with Crippen molar-refractivity contribution in [1.82, 2.24) is 9.88 Å². The lowest BCUT2D eigenvalue weighted by atomic mass is 10.0. The highest BCUT2D eigenvalue weighted by Crippen LogP contribution is 2.36. The third-order valence-corrected chi connectivity index (χ3v) is 5.72. The summed E-state index contributed by atoms with van der Waals surface area (Å²) in [5.74, 6) is 1.58. The summed E-state index contributed by atoms with van der Waals surface area (Å²) in [4.78, 5) is 16.3. The number of pyridine rings is 1. The third-order valence-electron chi connectivity index (χ3n) is 5.72. The zero-order valence-electron chi connectivity index (χ0n) is 18.7. The van der Waals surface area contributed by atoms with Crippen LogP contribution in [0.2, 0.25) is 0 Å². The largest absolute Gasteiger partial charge is 0.491 e.